The molecule has 9 heteroatoms. The Labute approximate surface area is 227 Å². The summed E-state index contributed by atoms with van der Waals surface area (Å²) in [4.78, 5) is 20.0. The number of benzene rings is 3. The minimum atomic E-state index is -3.71. The second kappa shape index (κ2) is 11.7. The van der Waals surface area contributed by atoms with Crippen molar-refractivity contribution in [3.05, 3.63) is 89.7 Å². The Bertz CT molecular complexity index is 1490. The first kappa shape index (κ1) is 27.9. The summed E-state index contributed by atoms with van der Waals surface area (Å²) < 4.78 is 42.7. The lowest BCUT2D eigenvalue weighted by Gasteiger charge is -2.26. The quantitative estimate of drug-likeness (QED) is 0.222. The van der Waals surface area contributed by atoms with Crippen LogP contribution >= 0.6 is 11.3 Å². The Balaban J connectivity index is 1.67. The highest BCUT2D eigenvalue weighted by molar-refractivity contribution is 7.89. The van der Waals surface area contributed by atoms with Gasteiger partial charge in [0.25, 0.3) is 5.91 Å². The SMILES string of the molecule is CC(C)CN(CC(C)C)S(=O)(=O)c1ccc(C(=O)N(Cc2ccccc2)c2nc3ccc(F)cc3s2)cc1. The van der Waals surface area contributed by atoms with Crippen LogP contribution in [-0.2, 0) is 16.6 Å². The molecule has 0 N–H and O–H groups in total. The number of hydrogen-bond donors (Lipinski definition) is 0. The molecule has 1 aromatic heterocycles. The molecule has 4 rings (SSSR count). The predicted octanol–water partition coefficient (Wildman–Crippen LogP) is 6.59. The molecule has 0 saturated carbocycles. The number of anilines is 1. The molecule has 0 aliphatic rings. The molecule has 0 unspecified atom stereocenters. The van der Waals surface area contributed by atoms with Gasteiger partial charge in [0.05, 0.1) is 21.7 Å². The van der Waals surface area contributed by atoms with E-state index >= 15 is 0 Å². The predicted molar refractivity (Wildman–Crippen MR) is 151 cm³/mol. The number of aromatic nitrogens is 1. The van der Waals surface area contributed by atoms with Gasteiger partial charge in [-0.25, -0.2) is 17.8 Å². The van der Waals surface area contributed by atoms with Crippen molar-refractivity contribution in [2.75, 3.05) is 18.0 Å². The number of sulfonamides is 1. The first-order valence-electron chi connectivity index (χ1n) is 12.6. The molecule has 0 aliphatic carbocycles. The van der Waals surface area contributed by atoms with E-state index in [1.54, 1.807) is 23.1 Å². The van der Waals surface area contributed by atoms with Gasteiger partial charge in [-0.2, -0.15) is 4.31 Å². The average Bonchev–Trinajstić information content (AvgIpc) is 3.29. The normalized spacial score (nSPS) is 12.1. The van der Waals surface area contributed by atoms with Crippen LogP contribution in [0.1, 0.15) is 43.6 Å². The van der Waals surface area contributed by atoms with E-state index in [2.05, 4.69) is 4.98 Å². The summed E-state index contributed by atoms with van der Waals surface area (Å²) in [7, 11) is -3.71. The van der Waals surface area contributed by atoms with E-state index in [-0.39, 0.29) is 35.0 Å². The van der Waals surface area contributed by atoms with Crippen molar-refractivity contribution in [1.29, 1.82) is 0 Å². The molecule has 3 aromatic carbocycles. The maximum Gasteiger partial charge on any atom is 0.260 e. The number of rotatable bonds is 10. The lowest BCUT2D eigenvalue weighted by molar-refractivity contribution is 0.0985. The van der Waals surface area contributed by atoms with Crippen LogP contribution in [0.15, 0.2) is 77.7 Å². The highest BCUT2D eigenvalue weighted by Crippen LogP contribution is 2.31. The Morgan fingerprint density at radius 3 is 2.16 bits per heavy atom. The number of halogens is 1. The Morgan fingerprint density at radius 1 is 0.921 bits per heavy atom. The van der Waals surface area contributed by atoms with Crippen LogP contribution in [0.2, 0.25) is 0 Å². The number of amides is 1. The fourth-order valence-electron chi connectivity index (χ4n) is 4.15. The molecule has 1 heterocycles. The average molecular weight is 554 g/mol. The highest BCUT2D eigenvalue weighted by Gasteiger charge is 2.27. The lowest BCUT2D eigenvalue weighted by atomic mass is 10.1. The number of nitrogens with zero attached hydrogens (tertiary/aromatic N) is 3. The molecule has 0 aliphatic heterocycles. The van der Waals surface area contributed by atoms with Gasteiger partial charge in [-0.15, -0.1) is 0 Å². The Kier molecular flexibility index (Phi) is 8.60. The monoisotopic (exact) mass is 553 g/mol. The van der Waals surface area contributed by atoms with E-state index in [0.717, 1.165) is 5.56 Å². The fraction of sp³-hybridized carbons (Fsp3) is 0.310. The van der Waals surface area contributed by atoms with E-state index < -0.39 is 10.0 Å². The molecule has 6 nitrogen and oxygen atoms in total. The van der Waals surface area contributed by atoms with Crippen molar-refractivity contribution < 1.29 is 17.6 Å². The van der Waals surface area contributed by atoms with Gasteiger partial charge in [0.15, 0.2) is 5.13 Å². The summed E-state index contributed by atoms with van der Waals surface area (Å²) in [5.74, 6) is -0.329. The molecule has 1 amide bonds. The molecule has 0 radical (unpaired) electrons. The van der Waals surface area contributed by atoms with Crippen molar-refractivity contribution in [2.24, 2.45) is 11.8 Å². The molecule has 0 bridgehead atoms. The third kappa shape index (κ3) is 6.46. The molecule has 0 fully saturated rings. The van der Waals surface area contributed by atoms with Crippen molar-refractivity contribution in [2.45, 2.75) is 39.1 Å². The number of carbonyl (C=O) groups excluding carboxylic acids is 1. The van der Waals surface area contributed by atoms with Crippen molar-refractivity contribution >= 4 is 42.6 Å². The van der Waals surface area contributed by atoms with Crippen LogP contribution in [-0.4, -0.2) is 36.7 Å². The second-order valence-corrected chi connectivity index (χ2v) is 13.1. The third-order valence-electron chi connectivity index (χ3n) is 5.88. The van der Waals surface area contributed by atoms with Crippen LogP contribution in [0.3, 0.4) is 0 Å². The minimum absolute atomic E-state index is 0.153. The standard InChI is InChI=1S/C29H32FN3O3S2/c1-20(2)17-32(18-21(3)4)38(35,36)25-13-10-23(11-14-25)28(34)33(19-22-8-6-5-7-9-22)29-31-26-15-12-24(30)16-27(26)37-29/h5-16,20-21H,17-19H2,1-4H3. The zero-order valence-electron chi connectivity index (χ0n) is 22.0. The molecule has 200 valence electrons. The molecule has 0 atom stereocenters. The van der Waals surface area contributed by atoms with E-state index in [0.29, 0.717) is 34.0 Å². The molecular formula is C29H32FN3O3S2. The smallest absolute Gasteiger partial charge is 0.260 e. The fourth-order valence-corrected chi connectivity index (χ4v) is 6.91. The molecule has 0 spiro atoms. The van der Waals surface area contributed by atoms with Crippen LogP contribution in [0, 0.1) is 17.7 Å². The summed E-state index contributed by atoms with van der Waals surface area (Å²) >= 11 is 1.24. The van der Waals surface area contributed by atoms with Gasteiger partial charge >= 0.3 is 0 Å². The van der Waals surface area contributed by atoms with Crippen LogP contribution in [0.5, 0.6) is 0 Å². The van der Waals surface area contributed by atoms with Gasteiger partial charge < -0.3 is 0 Å². The zero-order chi connectivity index (χ0) is 27.4. The van der Waals surface area contributed by atoms with Gasteiger partial charge in [0.2, 0.25) is 10.0 Å². The topological polar surface area (TPSA) is 70.6 Å². The van der Waals surface area contributed by atoms with E-state index in [1.807, 2.05) is 58.0 Å². The Morgan fingerprint density at radius 2 is 1.55 bits per heavy atom. The van der Waals surface area contributed by atoms with E-state index in [4.69, 9.17) is 0 Å². The molecule has 38 heavy (non-hydrogen) atoms. The summed E-state index contributed by atoms with van der Waals surface area (Å²) in [6, 6.07) is 19.9. The van der Waals surface area contributed by atoms with Crippen LogP contribution in [0.25, 0.3) is 10.2 Å². The van der Waals surface area contributed by atoms with Gasteiger partial charge in [-0.1, -0.05) is 69.4 Å². The summed E-state index contributed by atoms with van der Waals surface area (Å²) in [6.07, 6.45) is 0. The maximum atomic E-state index is 13.8. The van der Waals surface area contributed by atoms with Crippen LogP contribution < -0.4 is 4.90 Å². The summed E-state index contributed by atoms with van der Waals surface area (Å²) in [5, 5.41) is 0.441. The van der Waals surface area contributed by atoms with Crippen molar-refractivity contribution in [1.82, 2.24) is 9.29 Å². The number of hydrogen-bond acceptors (Lipinski definition) is 5. The van der Waals surface area contributed by atoms with Crippen molar-refractivity contribution in [3.63, 3.8) is 0 Å². The first-order valence-corrected chi connectivity index (χ1v) is 14.8. The number of carbonyl (C=O) groups is 1. The molecule has 0 saturated heterocycles. The maximum absolute atomic E-state index is 13.8. The van der Waals surface area contributed by atoms with Gasteiger partial charge in [-0.05, 0) is 59.9 Å². The second-order valence-electron chi connectivity index (χ2n) is 10.1. The first-order chi connectivity index (χ1) is 18.0. The Hall–Kier alpha value is -3.14. The van der Waals surface area contributed by atoms with Crippen molar-refractivity contribution in [3.8, 4) is 0 Å². The third-order valence-corrected chi connectivity index (χ3v) is 8.76. The summed E-state index contributed by atoms with van der Waals surface area (Å²) in [5.41, 5.74) is 1.85. The molecule has 4 aromatic rings. The lowest BCUT2D eigenvalue weighted by Crippen LogP contribution is -2.37. The van der Waals surface area contributed by atoms with Crippen LogP contribution in [0.4, 0.5) is 9.52 Å². The molecular weight excluding hydrogens is 521 g/mol. The van der Waals surface area contributed by atoms with Gasteiger partial charge in [0, 0.05) is 18.7 Å². The number of thiazole rings is 1. The van der Waals surface area contributed by atoms with E-state index in [1.165, 1.54) is 39.9 Å². The summed E-state index contributed by atoms with van der Waals surface area (Å²) in [6.45, 7) is 9.06. The zero-order valence-corrected chi connectivity index (χ0v) is 23.6. The number of fused-ring (bicyclic) bond motifs is 1. The minimum Gasteiger partial charge on any atom is -0.279 e. The largest absolute Gasteiger partial charge is 0.279 e. The highest BCUT2D eigenvalue weighted by atomic mass is 32.2. The van der Waals surface area contributed by atoms with E-state index in [9.17, 15) is 17.6 Å². The van der Waals surface area contributed by atoms with Gasteiger partial charge in [0.1, 0.15) is 5.82 Å². The van der Waals surface area contributed by atoms with Gasteiger partial charge in [-0.3, -0.25) is 9.69 Å².